The third kappa shape index (κ3) is 6.92. The zero-order valence-corrected chi connectivity index (χ0v) is 42.2. The lowest BCUT2D eigenvalue weighted by molar-refractivity contribution is 0.487. The van der Waals surface area contributed by atoms with Gasteiger partial charge in [0.2, 0.25) is 0 Å². The Bertz CT molecular complexity index is 3400. The smallest absolute Gasteiger partial charge is 0.256 e. The van der Waals surface area contributed by atoms with Gasteiger partial charge in [-0.25, -0.2) is 0 Å². The summed E-state index contributed by atoms with van der Waals surface area (Å²) in [5.74, 6) is 1.73. The highest BCUT2D eigenvalue weighted by molar-refractivity contribution is 6.99. The minimum absolute atomic E-state index is 0.0203. The van der Waals surface area contributed by atoms with Gasteiger partial charge < -0.3 is 19.2 Å². The number of ether oxygens (including phenoxy) is 1. The molecule has 3 aromatic heterocycles. The van der Waals surface area contributed by atoms with Crippen molar-refractivity contribution >= 4 is 78.1 Å². The topological polar surface area (TPSA) is 44.0 Å². The molecular formula is C63H61BN4O. The van der Waals surface area contributed by atoms with Gasteiger partial charge in [-0.15, -0.1) is 0 Å². The van der Waals surface area contributed by atoms with Crippen LogP contribution in [0.15, 0.2) is 146 Å². The highest BCUT2D eigenvalue weighted by Gasteiger charge is 2.40. The minimum Gasteiger partial charge on any atom is -0.458 e. The van der Waals surface area contributed by atoms with Gasteiger partial charge in [-0.2, -0.15) is 0 Å². The Morgan fingerprint density at radius 3 is 1.35 bits per heavy atom. The van der Waals surface area contributed by atoms with Crippen LogP contribution in [-0.2, 0) is 21.7 Å². The molecule has 342 valence electrons. The van der Waals surface area contributed by atoms with Crippen LogP contribution in [0.3, 0.4) is 0 Å². The maximum atomic E-state index is 7.16. The van der Waals surface area contributed by atoms with Gasteiger partial charge in [-0.05, 0) is 151 Å². The van der Waals surface area contributed by atoms with E-state index in [-0.39, 0.29) is 28.4 Å². The lowest BCUT2D eigenvalue weighted by Crippen LogP contribution is -2.58. The van der Waals surface area contributed by atoms with Gasteiger partial charge >= 0.3 is 0 Å². The van der Waals surface area contributed by atoms with Crippen LogP contribution >= 0.6 is 0 Å². The summed E-state index contributed by atoms with van der Waals surface area (Å²) in [6.45, 7) is 27.5. The first-order chi connectivity index (χ1) is 32.7. The molecule has 0 spiro atoms. The number of nitrogens with zero attached hydrogens (tertiary/aromatic N) is 3. The van der Waals surface area contributed by atoms with Gasteiger partial charge in [-0.1, -0.05) is 126 Å². The van der Waals surface area contributed by atoms with Gasteiger partial charge in [0.15, 0.2) is 0 Å². The second kappa shape index (κ2) is 14.7. The van der Waals surface area contributed by atoms with Gasteiger partial charge in [0.1, 0.15) is 11.5 Å². The second-order valence-corrected chi connectivity index (χ2v) is 23.9. The molecule has 0 aliphatic carbocycles. The van der Waals surface area contributed by atoms with Crippen LogP contribution < -0.4 is 26.4 Å². The fraction of sp³-hybridized carbons (Fsp3) is 0.254. The first kappa shape index (κ1) is 43.2. The third-order valence-corrected chi connectivity index (χ3v) is 15.1. The van der Waals surface area contributed by atoms with E-state index in [4.69, 9.17) is 4.74 Å². The summed E-state index contributed by atoms with van der Waals surface area (Å²) in [6, 6.07) is 50.8. The molecule has 1 N–H and O–H groups in total. The fourth-order valence-electron chi connectivity index (χ4n) is 11.1. The number of nitrogens with one attached hydrogen (secondary N) is 1. The molecule has 5 nitrogen and oxygen atoms in total. The molecule has 6 heteroatoms. The number of rotatable bonds is 3. The minimum atomic E-state index is -0.0512. The normalized spacial score (nSPS) is 13.7. The first-order valence-electron chi connectivity index (χ1n) is 24.7. The molecule has 2 aliphatic heterocycles. The highest BCUT2D eigenvalue weighted by atomic mass is 16.5. The van der Waals surface area contributed by atoms with Gasteiger partial charge in [0.25, 0.3) is 6.71 Å². The number of hydrogen-bond donors (Lipinski definition) is 1. The Labute approximate surface area is 407 Å². The second-order valence-electron chi connectivity index (χ2n) is 23.9. The summed E-state index contributed by atoms with van der Waals surface area (Å²) < 4.78 is 12.1. The zero-order chi connectivity index (χ0) is 48.1. The van der Waals surface area contributed by atoms with Gasteiger partial charge in [0.05, 0.1) is 22.1 Å². The van der Waals surface area contributed by atoms with E-state index in [1.807, 2.05) is 18.5 Å². The highest BCUT2D eigenvalue weighted by Crippen LogP contribution is 2.43. The molecule has 0 unspecified atom stereocenters. The van der Waals surface area contributed by atoms with Crippen LogP contribution in [-0.4, -0.2) is 20.8 Å². The molecule has 0 fully saturated rings. The molecular weight excluding hydrogens is 840 g/mol. The Kier molecular flexibility index (Phi) is 9.23. The van der Waals surface area contributed by atoms with Crippen molar-refractivity contribution in [2.24, 2.45) is 0 Å². The van der Waals surface area contributed by atoms with E-state index >= 15 is 0 Å². The molecule has 0 saturated carbocycles. The van der Waals surface area contributed by atoms with Crippen LogP contribution in [0.1, 0.15) is 105 Å². The molecule has 10 aromatic rings. The standard InChI is InChI=1S/C63H61BN4O/c1-60(2,3)39-15-23-53-45(30-39)46-31-40(61(4,5)6)16-24-54(46)67(53)43-19-21-49-51(34-43)66-52-28-38(37-14-13-27-65-36-37)29-58-59(52)64(49)50-22-20-44(35-57(50)69-58)68-55-25-17-41(62(7,8)9)32-47(55)48-33-42(63(10,11)12)18-26-56(48)68/h13-36,66H,1-12H3. The summed E-state index contributed by atoms with van der Waals surface area (Å²) in [6.07, 6.45) is 3.77. The molecule has 7 aromatic carbocycles. The van der Waals surface area contributed by atoms with Crippen LogP contribution in [0, 0.1) is 0 Å². The molecule has 0 saturated heterocycles. The van der Waals surface area contributed by atoms with E-state index in [1.54, 1.807) is 0 Å². The predicted molar refractivity (Wildman–Crippen MR) is 294 cm³/mol. The molecule has 2 aliphatic rings. The van der Waals surface area contributed by atoms with Gasteiger partial charge in [0, 0.05) is 68.3 Å². The summed E-state index contributed by atoms with van der Waals surface area (Å²) in [5, 5.41) is 9.08. The number of pyridine rings is 1. The largest absolute Gasteiger partial charge is 0.458 e. The maximum absolute atomic E-state index is 7.16. The molecule has 69 heavy (non-hydrogen) atoms. The van der Waals surface area contributed by atoms with E-state index in [1.165, 1.54) is 71.3 Å². The molecule has 0 radical (unpaired) electrons. The lowest BCUT2D eigenvalue weighted by atomic mass is 9.34. The summed E-state index contributed by atoms with van der Waals surface area (Å²) in [7, 11) is 0. The van der Waals surface area contributed by atoms with E-state index in [2.05, 4.69) is 230 Å². The van der Waals surface area contributed by atoms with Crippen molar-refractivity contribution in [1.29, 1.82) is 0 Å². The monoisotopic (exact) mass is 900 g/mol. The Morgan fingerprint density at radius 1 is 0.435 bits per heavy atom. The average Bonchev–Trinajstić information content (AvgIpc) is 3.81. The van der Waals surface area contributed by atoms with Crippen LogP contribution in [0.4, 0.5) is 11.4 Å². The van der Waals surface area contributed by atoms with Crippen molar-refractivity contribution in [2.75, 3.05) is 5.32 Å². The van der Waals surface area contributed by atoms with E-state index in [0.717, 1.165) is 56.3 Å². The van der Waals surface area contributed by atoms with Crippen LogP contribution in [0.2, 0.25) is 0 Å². The molecule has 0 amide bonds. The lowest BCUT2D eigenvalue weighted by Gasteiger charge is -2.35. The number of anilines is 2. The number of aromatic nitrogens is 3. The van der Waals surface area contributed by atoms with Crippen molar-refractivity contribution in [3.05, 3.63) is 168 Å². The Balaban J connectivity index is 1.05. The van der Waals surface area contributed by atoms with Crippen molar-refractivity contribution < 1.29 is 4.74 Å². The zero-order valence-electron chi connectivity index (χ0n) is 42.2. The first-order valence-corrected chi connectivity index (χ1v) is 24.7. The molecule has 0 atom stereocenters. The average molecular weight is 901 g/mol. The molecule has 0 bridgehead atoms. The maximum Gasteiger partial charge on any atom is 0.256 e. The molecule has 5 heterocycles. The number of hydrogen-bond acceptors (Lipinski definition) is 3. The molecule has 12 rings (SSSR count). The van der Waals surface area contributed by atoms with Crippen LogP contribution in [0.5, 0.6) is 11.5 Å². The number of benzene rings is 7. The van der Waals surface area contributed by atoms with Crippen LogP contribution in [0.25, 0.3) is 66.1 Å². The van der Waals surface area contributed by atoms with Crippen molar-refractivity contribution in [2.45, 2.75) is 105 Å². The van der Waals surface area contributed by atoms with Crippen molar-refractivity contribution in [3.8, 4) is 34.0 Å². The van der Waals surface area contributed by atoms with Gasteiger partial charge in [-0.3, -0.25) is 4.98 Å². The number of fused-ring (bicyclic) bond motifs is 10. The third-order valence-electron chi connectivity index (χ3n) is 15.1. The van der Waals surface area contributed by atoms with E-state index in [9.17, 15) is 0 Å². The van der Waals surface area contributed by atoms with E-state index < -0.39 is 0 Å². The SMILES string of the molecule is CC(C)(C)c1ccc2c(c1)c1cc(C(C)(C)C)ccc1n2-c1ccc2c(c1)Nc1cc(-c3cccnc3)cc3c1B2c1ccc(-n2c4ccc(C(C)(C)C)cc4c4cc(C(C)(C)C)ccc42)cc1O3. The van der Waals surface area contributed by atoms with E-state index in [0.29, 0.717) is 0 Å². The predicted octanol–water partition coefficient (Wildman–Crippen LogP) is 14.8. The summed E-state index contributed by atoms with van der Waals surface area (Å²) in [5.41, 5.74) is 20.2. The van der Waals surface area contributed by atoms with Crippen molar-refractivity contribution in [3.63, 3.8) is 0 Å². The van der Waals surface area contributed by atoms with Crippen molar-refractivity contribution in [1.82, 2.24) is 14.1 Å². The summed E-state index contributed by atoms with van der Waals surface area (Å²) >= 11 is 0. The fourth-order valence-corrected chi connectivity index (χ4v) is 11.1. The quantitative estimate of drug-likeness (QED) is 0.180. The summed E-state index contributed by atoms with van der Waals surface area (Å²) in [4.78, 5) is 4.52. The Morgan fingerprint density at radius 2 is 0.899 bits per heavy atom. The Hall–Kier alpha value is -7.05.